The second kappa shape index (κ2) is 8.15. The Kier molecular flexibility index (Phi) is 7.50. The number of unbranched alkanes of at least 4 members (excludes halogenated alkanes) is 1. The van der Waals surface area contributed by atoms with Gasteiger partial charge in [0.1, 0.15) is 0 Å². The van der Waals surface area contributed by atoms with Crippen LogP contribution in [0.1, 0.15) is 33.6 Å². The maximum atomic E-state index is 9.00. The van der Waals surface area contributed by atoms with Crippen LogP contribution < -0.4 is 0 Å². The molecule has 0 saturated heterocycles. The number of nitrogens with zero attached hydrogens (tertiary/aromatic N) is 2. The van der Waals surface area contributed by atoms with Crippen LogP contribution in [0.3, 0.4) is 0 Å². The molecule has 4 nitrogen and oxygen atoms in total. The maximum absolute atomic E-state index is 9.00. The zero-order valence-corrected chi connectivity index (χ0v) is 9.94. The van der Waals surface area contributed by atoms with Crippen molar-refractivity contribution in [3.8, 4) is 0 Å². The Morgan fingerprint density at radius 2 is 1.87 bits per heavy atom. The van der Waals surface area contributed by atoms with Crippen LogP contribution in [0.25, 0.3) is 0 Å². The molecule has 0 aromatic rings. The minimum absolute atomic E-state index is 0.833. The molecule has 0 radical (unpaired) electrons. The second-order valence-corrected chi connectivity index (χ2v) is 3.53. The summed E-state index contributed by atoms with van der Waals surface area (Å²) in [6, 6.07) is 0. The van der Waals surface area contributed by atoms with Crippen molar-refractivity contribution in [1.29, 1.82) is 0 Å². The normalized spacial score (nSPS) is 13.8. The van der Waals surface area contributed by atoms with Gasteiger partial charge < -0.3 is 14.9 Å². The van der Waals surface area contributed by atoms with E-state index in [1.807, 2.05) is 0 Å². The summed E-state index contributed by atoms with van der Waals surface area (Å²) in [4.78, 5) is 13.7. The SMILES string of the molecule is CC(=O)O.CCCCN1C=CN(CC)C1. The maximum Gasteiger partial charge on any atom is 0.300 e. The number of rotatable bonds is 4. The number of hydrogen-bond donors (Lipinski definition) is 1. The standard InChI is InChI=1S/C9H18N2.C2H4O2/c1-3-5-6-11-8-7-10(4-2)9-11;1-2(3)4/h7-8H,3-6,9H2,1-2H3;1H3,(H,3,4). The average Bonchev–Trinajstić information content (AvgIpc) is 2.61. The Morgan fingerprint density at radius 1 is 1.33 bits per heavy atom. The second-order valence-electron chi connectivity index (χ2n) is 3.53. The van der Waals surface area contributed by atoms with Gasteiger partial charge in [0.15, 0.2) is 0 Å². The predicted octanol–water partition coefficient (Wildman–Crippen LogP) is 1.94. The van der Waals surface area contributed by atoms with Gasteiger partial charge in [0.05, 0.1) is 6.67 Å². The first-order chi connectivity index (χ1) is 7.10. The molecule has 0 bridgehead atoms. The van der Waals surface area contributed by atoms with E-state index in [0.717, 1.165) is 20.1 Å². The van der Waals surface area contributed by atoms with E-state index in [-0.39, 0.29) is 0 Å². The van der Waals surface area contributed by atoms with E-state index in [4.69, 9.17) is 9.90 Å². The summed E-state index contributed by atoms with van der Waals surface area (Å²) >= 11 is 0. The predicted molar refractivity (Wildman–Crippen MR) is 61.3 cm³/mol. The highest BCUT2D eigenvalue weighted by atomic mass is 16.4. The van der Waals surface area contributed by atoms with Gasteiger partial charge in [-0.3, -0.25) is 4.79 Å². The van der Waals surface area contributed by atoms with Gasteiger partial charge in [0.2, 0.25) is 0 Å². The summed E-state index contributed by atoms with van der Waals surface area (Å²) < 4.78 is 0. The molecule has 1 heterocycles. The lowest BCUT2D eigenvalue weighted by Crippen LogP contribution is -2.25. The number of carboxylic acids is 1. The highest BCUT2D eigenvalue weighted by molar-refractivity contribution is 5.62. The fourth-order valence-electron chi connectivity index (χ4n) is 1.23. The third-order valence-electron chi connectivity index (χ3n) is 2.06. The first-order valence-corrected chi connectivity index (χ1v) is 5.46. The van der Waals surface area contributed by atoms with Crippen LogP contribution in [-0.4, -0.2) is 40.6 Å². The van der Waals surface area contributed by atoms with Crippen LogP contribution in [0, 0.1) is 0 Å². The van der Waals surface area contributed by atoms with Gasteiger partial charge in [-0.2, -0.15) is 0 Å². The summed E-state index contributed by atoms with van der Waals surface area (Å²) in [5.74, 6) is -0.833. The monoisotopic (exact) mass is 214 g/mol. The van der Waals surface area contributed by atoms with E-state index < -0.39 is 5.97 Å². The van der Waals surface area contributed by atoms with Gasteiger partial charge in [-0.1, -0.05) is 13.3 Å². The highest BCUT2D eigenvalue weighted by Gasteiger charge is 2.08. The van der Waals surface area contributed by atoms with E-state index in [0.29, 0.717) is 0 Å². The number of carboxylic acid groups (broad SMARTS) is 1. The van der Waals surface area contributed by atoms with Gasteiger partial charge in [-0.05, 0) is 13.3 Å². The fraction of sp³-hybridized carbons (Fsp3) is 0.727. The van der Waals surface area contributed by atoms with Gasteiger partial charge in [-0.25, -0.2) is 0 Å². The van der Waals surface area contributed by atoms with Crippen molar-refractivity contribution < 1.29 is 9.90 Å². The average molecular weight is 214 g/mol. The van der Waals surface area contributed by atoms with Crippen LogP contribution in [0.2, 0.25) is 0 Å². The Hall–Kier alpha value is -1.19. The van der Waals surface area contributed by atoms with Crippen molar-refractivity contribution in [3.63, 3.8) is 0 Å². The number of aliphatic carboxylic acids is 1. The minimum atomic E-state index is -0.833. The molecule has 0 aromatic heterocycles. The van der Waals surface area contributed by atoms with Crippen LogP contribution in [-0.2, 0) is 4.79 Å². The molecule has 1 rings (SSSR count). The van der Waals surface area contributed by atoms with Crippen molar-refractivity contribution in [2.45, 2.75) is 33.6 Å². The quantitative estimate of drug-likeness (QED) is 0.776. The first-order valence-electron chi connectivity index (χ1n) is 5.46. The van der Waals surface area contributed by atoms with Crippen LogP contribution >= 0.6 is 0 Å². The lowest BCUT2D eigenvalue weighted by atomic mass is 10.3. The summed E-state index contributed by atoms with van der Waals surface area (Å²) in [6.45, 7) is 8.93. The topological polar surface area (TPSA) is 43.8 Å². The molecule has 0 atom stereocenters. The molecule has 0 fully saturated rings. The summed E-state index contributed by atoms with van der Waals surface area (Å²) in [5.41, 5.74) is 0. The molecule has 0 aliphatic carbocycles. The van der Waals surface area contributed by atoms with Crippen molar-refractivity contribution in [2.75, 3.05) is 19.8 Å². The molecule has 4 heteroatoms. The third-order valence-corrected chi connectivity index (χ3v) is 2.06. The smallest absolute Gasteiger partial charge is 0.300 e. The Labute approximate surface area is 92.2 Å². The van der Waals surface area contributed by atoms with Gasteiger partial charge in [0.25, 0.3) is 5.97 Å². The van der Waals surface area contributed by atoms with Crippen molar-refractivity contribution in [1.82, 2.24) is 9.80 Å². The molecule has 1 aliphatic heterocycles. The molecular formula is C11H22N2O2. The molecule has 15 heavy (non-hydrogen) atoms. The minimum Gasteiger partial charge on any atom is -0.481 e. The van der Waals surface area contributed by atoms with E-state index in [1.54, 1.807) is 0 Å². The van der Waals surface area contributed by atoms with Crippen LogP contribution in [0.5, 0.6) is 0 Å². The molecule has 1 N–H and O–H groups in total. The largest absolute Gasteiger partial charge is 0.481 e. The summed E-state index contributed by atoms with van der Waals surface area (Å²) in [6.07, 6.45) is 6.97. The Balaban J connectivity index is 0.000000423. The lowest BCUT2D eigenvalue weighted by Gasteiger charge is -2.19. The van der Waals surface area contributed by atoms with Gasteiger partial charge in [-0.15, -0.1) is 0 Å². The van der Waals surface area contributed by atoms with E-state index in [1.165, 1.54) is 19.4 Å². The Bertz CT molecular complexity index is 201. The molecule has 0 spiro atoms. The van der Waals surface area contributed by atoms with E-state index in [9.17, 15) is 0 Å². The van der Waals surface area contributed by atoms with E-state index in [2.05, 4.69) is 36.0 Å². The number of hydrogen-bond acceptors (Lipinski definition) is 3. The molecule has 88 valence electrons. The lowest BCUT2D eigenvalue weighted by molar-refractivity contribution is -0.134. The zero-order chi connectivity index (χ0) is 11.7. The van der Waals surface area contributed by atoms with Gasteiger partial charge >= 0.3 is 0 Å². The molecule has 0 saturated carbocycles. The molecule has 0 aromatic carbocycles. The fourth-order valence-corrected chi connectivity index (χ4v) is 1.23. The molecule has 0 amide bonds. The third kappa shape index (κ3) is 7.85. The number of carbonyl (C=O) groups is 1. The molecular weight excluding hydrogens is 192 g/mol. The van der Waals surface area contributed by atoms with Crippen LogP contribution in [0.4, 0.5) is 0 Å². The molecule has 1 aliphatic rings. The van der Waals surface area contributed by atoms with E-state index >= 15 is 0 Å². The van der Waals surface area contributed by atoms with Crippen molar-refractivity contribution in [2.24, 2.45) is 0 Å². The Morgan fingerprint density at radius 3 is 2.27 bits per heavy atom. The summed E-state index contributed by atoms with van der Waals surface area (Å²) in [5, 5.41) is 7.42. The van der Waals surface area contributed by atoms with Crippen molar-refractivity contribution in [3.05, 3.63) is 12.4 Å². The van der Waals surface area contributed by atoms with Crippen molar-refractivity contribution >= 4 is 5.97 Å². The zero-order valence-electron chi connectivity index (χ0n) is 9.94. The highest BCUT2D eigenvalue weighted by Crippen LogP contribution is 2.06. The molecule has 0 unspecified atom stereocenters. The summed E-state index contributed by atoms with van der Waals surface area (Å²) in [7, 11) is 0. The first kappa shape index (κ1) is 13.8. The van der Waals surface area contributed by atoms with Gasteiger partial charge in [0, 0.05) is 32.4 Å². The van der Waals surface area contributed by atoms with Crippen LogP contribution in [0.15, 0.2) is 12.4 Å².